The number of amides is 2. The molecule has 3 aromatic carbocycles. The number of nitrogens with zero attached hydrogens (tertiary/aromatic N) is 4. The van der Waals surface area contributed by atoms with Gasteiger partial charge in [0.2, 0.25) is 11.8 Å². The third-order valence-corrected chi connectivity index (χ3v) is 7.21. The second kappa shape index (κ2) is 11.2. The van der Waals surface area contributed by atoms with E-state index in [9.17, 15) is 9.59 Å². The standard InChI is InChI=1S/C30H25N5O5S/c1-18-33-34-28(38-18)20-8-10-22(11-9-20)39-23-14-21(15-24(16-23)40-26-12-13-35(2)29(26)37)27(36)32-30-31-25(17-41-30)19-6-4-3-5-7-19/h3-11,14-17,26H,12-13H2,1-2H3,(H,31,32,36). The highest BCUT2D eigenvalue weighted by Gasteiger charge is 2.31. The summed E-state index contributed by atoms with van der Waals surface area (Å²) in [4.78, 5) is 32.0. The molecule has 0 bridgehead atoms. The molecule has 11 heteroatoms. The molecule has 1 N–H and O–H groups in total. The van der Waals surface area contributed by atoms with Crippen LogP contribution in [0.4, 0.5) is 5.13 Å². The fourth-order valence-corrected chi connectivity index (χ4v) is 5.07. The van der Waals surface area contributed by atoms with E-state index >= 15 is 0 Å². The summed E-state index contributed by atoms with van der Waals surface area (Å²) in [5.41, 5.74) is 2.78. The van der Waals surface area contributed by atoms with Crippen molar-refractivity contribution in [1.82, 2.24) is 20.1 Å². The van der Waals surface area contributed by atoms with Crippen molar-refractivity contribution in [2.75, 3.05) is 18.9 Å². The van der Waals surface area contributed by atoms with Gasteiger partial charge in [0.05, 0.1) is 5.69 Å². The van der Waals surface area contributed by atoms with Gasteiger partial charge in [-0.25, -0.2) is 4.98 Å². The van der Waals surface area contributed by atoms with E-state index in [2.05, 4.69) is 20.5 Å². The Morgan fingerprint density at radius 2 is 1.78 bits per heavy atom. The number of carbonyl (C=O) groups is 2. The van der Waals surface area contributed by atoms with Crippen molar-refractivity contribution in [3.8, 4) is 40.0 Å². The molecule has 1 aliphatic heterocycles. The van der Waals surface area contributed by atoms with Gasteiger partial charge in [-0.15, -0.1) is 21.5 Å². The molecule has 6 rings (SSSR count). The Kier molecular flexibility index (Phi) is 7.17. The van der Waals surface area contributed by atoms with E-state index in [1.165, 1.54) is 11.3 Å². The molecule has 1 atom stereocenters. The first-order valence-corrected chi connectivity index (χ1v) is 13.8. The number of ether oxygens (including phenoxy) is 2. The zero-order chi connectivity index (χ0) is 28.3. The van der Waals surface area contributed by atoms with Crippen LogP contribution >= 0.6 is 11.3 Å². The van der Waals surface area contributed by atoms with Gasteiger partial charge in [-0.3, -0.25) is 14.9 Å². The van der Waals surface area contributed by atoms with Crippen molar-refractivity contribution >= 4 is 28.3 Å². The summed E-state index contributed by atoms with van der Waals surface area (Å²) >= 11 is 1.33. The average Bonchev–Trinajstić information content (AvgIpc) is 3.71. The molecule has 5 aromatic rings. The largest absolute Gasteiger partial charge is 0.480 e. The molecular weight excluding hydrogens is 542 g/mol. The number of likely N-dealkylation sites (tertiary alicyclic amines) is 1. The fourth-order valence-electron chi connectivity index (χ4n) is 4.35. The number of hydrogen-bond acceptors (Lipinski definition) is 9. The number of aromatic nitrogens is 3. The smallest absolute Gasteiger partial charge is 0.263 e. The van der Waals surface area contributed by atoms with E-state index in [-0.39, 0.29) is 11.8 Å². The summed E-state index contributed by atoms with van der Waals surface area (Å²) in [5, 5.41) is 13.1. The number of hydrogen-bond donors (Lipinski definition) is 1. The van der Waals surface area contributed by atoms with E-state index in [0.717, 1.165) is 16.8 Å². The van der Waals surface area contributed by atoms with Gasteiger partial charge in [0.25, 0.3) is 11.8 Å². The van der Waals surface area contributed by atoms with Crippen molar-refractivity contribution in [1.29, 1.82) is 0 Å². The molecule has 0 saturated carbocycles. The van der Waals surface area contributed by atoms with Gasteiger partial charge in [0.15, 0.2) is 11.2 Å². The van der Waals surface area contributed by atoms with Crippen LogP contribution in [0.1, 0.15) is 22.7 Å². The number of aryl methyl sites for hydroxylation is 1. The average molecular weight is 568 g/mol. The van der Waals surface area contributed by atoms with E-state index in [1.54, 1.807) is 61.3 Å². The van der Waals surface area contributed by atoms with Crippen LogP contribution in [0.25, 0.3) is 22.7 Å². The molecule has 1 unspecified atom stereocenters. The Labute approximate surface area is 239 Å². The third kappa shape index (κ3) is 5.94. The SMILES string of the molecule is Cc1nnc(-c2ccc(Oc3cc(OC4CCN(C)C4=O)cc(C(=O)Nc4nc(-c5ccccc5)cs4)c3)cc2)o1. The minimum atomic E-state index is -0.629. The second-order valence-electron chi connectivity index (χ2n) is 9.46. The summed E-state index contributed by atoms with van der Waals surface area (Å²) < 4.78 is 17.6. The van der Waals surface area contributed by atoms with Crippen molar-refractivity contribution < 1.29 is 23.5 Å². The van der Waals surface area contributed by atoms with Crippen LogP contribution < -0.4 is 14.8 Å². The summed E-state index contributed by atoms with van der Waals surface area (Å²) in [6, 6.07) is 21.7. The normalized spacial score (nSPS) is 14.7. The highest BCUT2D eigenvalue weighted by molar-refractivity contribution is 7.14. The van der Waals surface area contributed by atoms with E-state index in [4.69, 9.17) is 13.9 Å². The van der Waals surface area contributed by atoms with E-state index in [0.29, 0.717) is 52.7 Å². The number of likely N-dealkylation sites (N-methyl/N-ethyl adjacent to an activating group) is 1. The quantitative estimate of drug-likeness (QED) is 0.249. The first kappa shape index (κ1) is 26.2. The summed E-state index contributed by atoms with van der Waals surface area (Å²) in [5.74, 6) is 1.64. The van der Waals surface area contributed by atoms with Crippen molar-refractivity contribution in [3.05, 3.63) is 89.6 Å². The highest BCUT2D eigenvalue weighted by Crippen LogP contribution is 2.32. The van der Waals surface area contributed by atoms with Crippen molar-refractivity contribution in [2.45, 2.75) is 19.4 Å². The van der Waals surface area contributed by atoms with Crippen LogP contribution in [0.15, 0.2) is 82.6 Å². The Bertz CT molecular complexity index is 1700. The lowest BCUT2D eigenvalue weighted by atomic mass is 10.1. The second-order valence-corrected chi connectivity index (χ2v) is 10.3. The van der Waals surface area contributed by atoms with Crippen molar-refractivity contribution in [2.24, 2.45) is 0 Å². The molecule has 1 aliphatic rings. The van der Waals surface area contributed by atoms with Crippen LogP contribution in [0.2, 0.25) is 0 Å². The lowest BCUT2D eigenvalue weighted by Gasteiger charge is -2.15. The number of nitrogens with one attached hydrogen (secondary N) is 1. The number of benzene rings is 3. The van der Waals surface area contributed by atoms with Gasteiger partial charge in [-0.05, 0) is 36.4 Å². The van der Waals surface area contributed by atoms with Gasteiger partial charge in [0, 0.05) is 55.1 Å². The molecule has 0 aliphatic carbocycles. The van der Waals surface area contributed by atoms with E-state index < -0.39 is 6.10 Å². The molecule has 206 valence electrons. The molecule has 41 heavy (non-hydrogen) atoms. The Balaban J connectivity index is 1.24. The first-order valence-electron chi connectivity index (χ1n) is 12.9. The zero-order valence-electron chi connectivity index (χ0n) is 22.2. The number of carbonyl (C=O) groups excluding carboxylic acids is 2. The van der Waals surface area contributed by atoms with Crippen molar-refractivity contribution in [3.63, 3.8) is 0 Å². The molecule has 10 nitrogen and oxygen atoms in total. The molecule has 1 fully saturated rings. The fraction of sp³-hybridized carbons (Fsp3) is 0.167. The minimum Gasteiger partial charge on any atom is -0.480 e. The Morgan fingerprint density at radius 1 is 1.00 bits per heavy atom. The summed E-state index contributed by atoms with van der Waals surface area (Å²) in [6.07, 6.45) is -0.0735. The Hall–Kier alpha value is -5.03. The van der Waals surface area contributed by atoms with Gasteiger partial charge in [0.1, 0.15) is 17.2 Å². The van der Waals surface area contributed by atoms with Gasteiger partial charge < -0.3 is 18.8 Å². The number of thiazole rings is 1. The molecule has 3 heterocycles. The van der Waals surface area contributed by atoms with Gasteiger partial charge in [-0.1, -0.05) is 30.3 Å². The predicted molar refractivity (Wildman–Crippen MR) is 153 cm³/mol. The molecule has 2 amide bonds. The first-order chi connectivity index (χ1) is 19.9. The van der Waals surface area contributed by atoms with Crippen LogP contribution in [0, 0.1) is 6.92 Å². The lowest BCUT2D eigenvalue weighted by molar-refractivity contribution is -0.132. The molecule has 0 spiro atoms. The monoisotopic (exact) mass is 567 g/mol. The summed E-state index contributed by atoms with van der Waals surface area (Å²) in [7, 11) is 1.74. The predicted octanol–water partition coefficient (Wildman–Crippen LogP) is 5.82. The molecule has 0 radical (unpaired) electrons. The maximum Gasteiger partial charge on any atom is 0.263 e. The van der Waals surface area contributed by atoms with Crippen LogP contribution in [-0.2, 0) is 4.79 Å². The van der Waals surface area contributed by atoms with Crippen LogP contribution in [0.3, 0.4) is 0 Å². The number of rotatable bonds is 8. The molecule has 1 saturated heterocycles. The topological polar surface area (TPSA) is 120 Å². The minimum absolute atomic E-state index is 0.106. The van der Waals surface area contributed by atoms with Crippen LogP contribution in [0.5, 0.6) is 17.2 Å². The molecule has 2 aromatic heterocycles. The maximum atomic E-state index is 13.3. The summed E-state index contributed by atoms with van der Waals surface area (Å²) in [6.45, 7) is 2.33. The number of anilines is 1. The van der Waals surface area contributed by atoms with E-state index in [1.807, 2.05) is 35.7 Å². The maximum absolute atomic E-state index is 13.3. The third-order valence-electron chi connectivity index (χ3n) is 6.46. The van der Waals surface area contributed by atoms with Gasteiger partial charge in [-0.2, -0.15) is 0 Å². The zero-order valence-corrected chi connectivity index (χ0v) is 23.1. The molecular formula is C30H25N5O5S. The van der Waals surface area contributed by atoms with Gasteiger partial charge >= 0.3 is 0 Å². The van der Waals surface area contributed by atoms with Crippen LogP contribution in [-0.4, -0.2) is 51.6 Å². The highest BCUT2D eigenvalue weighted by atomic mass is 32.1. The lowest BCUT2D eigenvalue weighted by Crippen LogP contribution is -2.29. The Morgan fingerprint density at radius 3 is 2.49 bits per heavy atom.